The first kappa shape index (κ1) is 16.8. The molecule has 1 unspecified atom stereocenters. The minimum Gasteiger partial charge on any atom is -0.496 e. The molecule has 1 atom stereocenters. The number of methoxy groups -OCH3 is 1. The maximum absolute atomic E-state index is 11.2. The lowest BCUT2D eigenvalue weighted by molar-refractivity contribution is -0.143. The van der Waals surface area contributed by atoms with Gasteiger partial charge in [0.1, 0.15) is 5.75 Å². The summed E-state index contributed by atoms with van der Waals surface area (Å²) < 4.78 is 5.49. The molecular weight excluding hydrogens is 278 g/mol. The Hall–Kier alpha value is -1.55. The first-order valence-electron chi connectivity index (χ1n) is 7.94. The van der Waals surface area contributed by atoms with Gasteiger partial charge in [-0.05, 0) is 36.4 Å². The molecule has 4 nitrogen and oxygen atoms in total. The van der Waals surface area contributed by atoms with Crippen LogP contribution in [0, 0.1) is 5.92 Å². The molecule has 1 aromatic rings. The zero-order valence-electron chi connectivity index (χ0n) is 14.1. The Balaban J connectivity index is 2.18. The Morgan fingerprint density at radius 2 is 2.14 bits per heavy atom. The van der Waals surface area contributed by atoms with Gasteiger partial charge in [0.2, 0.25) is 0 Å². The lowest BCUT2D eigenvalue weighted by atomic mass is 9.86. The number of hydrogen-bond donors (Lipinski definition) is 1. The normalized spacial score (nSPS) is 19.9. The van der Waals surface area contributed by atoms with Crippen molar-refractivity contribution in [1.29, 1.82) is 0 Å². The summed E-state index contributed by atoms with van der Waals surface area (Å²) in [6.07, 6.45) is 1.73. The molecule has 1 N–H and O–H groups in total. The third-order valence-corrected chi connectivity index (χ3v) is 4.40. The van der Waals surface area contributed by atoms with Crippen LogP contribution >= 0.6 is 0 Å². The molecule has 2 rings (SSSR count). The number of ether oxygens (including phenoxy) is 1. The standard InChI is InChI=1S/C18H27NO3/c1-18(2,3)15-7-8-16(22-4)14(10-15)12-19-9-5-6-13(11-19)17(20)21/h7-8,10,13H,5-6,9,11-12H2,1-4H3,(H,20,21). The molecule has 1 aromatic carbocycles. The molecule has 0 bridgehead atoms. The summed E-state index contributed by atoms with van der Waals surface area (Å²) in [6.45, 7) is 8.90. The van der Waals surface area contributed by atoms with Crippen molar-refractivity contribution in [1.82, 2.24) is 4.90 Å². The first-order chi connectivity index (χ1) is 10.3. The average Bonchev–Trinajstić information content (AvgIpc) is 2.46. The van der Waals surface area contributed by atoms with Gasteiger partial charge in [-0.2, -0.15) is 0 Å². The van der Waals surface area contributed by atoms with Crippen molar-refractivity contribution < 1.29 is 14.6 Å². The van der Waals surface area contributed by atoms with E-state index in [1.165, 1.54) is 5.56 Å². The number of hydrogen-bond acceptors (Lipinski definition) is 3. The number of rotatable bonds is 4. The zero-order chi connectivity index (χ0) is 16.3. The maximum Gasteiger partial charge on any atom is 0.307 e. The van der Waals surface area contributed by atoms with Crippen LogP contribution in [0.3, 0.4) is 0 Å². The molecule has 1 saturated heterocycles. The Morgan fingerprint density at radius 1 is 1.41 bits per heavy atom. The van der Waals surface area contributed by atoms with Crippen molar-refractivity contribution in [2.45, 2.75) is 45.6 Å². The van der Waals surface area contributed by atoms with Gasteiger partial charge >= 0.3 is 5.97 Å². The Labute approximate surface area is 133 Å². The van der Waals surface area contributed by atoms with Gasteiger partial charge in [0.05, 0.1) is 13.0 Å². The van der Waals surface area contributed by atoms with E-state index in [1.807, 2.05) is 6.07 Å². The highest BCUT2D eigenvalue weighted by molar-refractivity contribution is 5.70. The van der Waals surface area contributed by atoms with E-state index in [9.17, 15) is 9.90 Å². The summed E-state index contributed by atoms with van der Waals surface area (Å²) in [5.74, 6) is -0.0453. The Morgan fingerprint density at radius 3 is 2.73 bits per heavy atom. The van der Waals surface area contributed by atoms with Gasteiger partial charge in [0.15, 0.2) is 0 Å². The van der Waals surface area contributed by atoms with Crippen LogP contribution in [0.4, 0.5) is 0 Å². The van der Waals surface area contributed by atoms with Crippen LogP contribution in [0.5, 0.6) is 5.75 Å². The second kappa shape index (κ2) is 6.69. The summed E-state index contributed by atoms with van der Waals surface area (Å²) in [7, 11) is 1.69. The van der Waals surface area contributed by atoms with E-state index < -0.39 is 5.97 Å². The molecule has 22 heavy (non-hydrogen) atoms. The van der Waals surface area contributed by atoms with Crippen LogP contribution in [-0.2, 0) is 16.8 Å². The third kappa shape index (κ3) is 4.01. The topological polar surface area (TPSA) is 49.8 Å². The number of likely N-dealkylation sites (tertiary alicyclic amines) is 1. The van der Waals surface area contributed by atoms with Gasteiger partial charge in [0.25, 0.3) is 0 Å². The van der Waals surface area contributed by atoms with Crippen LogP contribution in [0.15, 0.2) is 18.2 Å². The SMILES string of the molecule is COc1ccc(C(C)(C)C)cc1CN1CCCC(C(=O)O)C1. The van der Waals surface area contributed by atoms with E-state index in [2.05, 4.69) is 37.8 Å². The van der Waals surface area contributed by atoms with Crippen molar-refractivity contribution in [3.05, 3.63) is 29.3 Å². The monoisotopic (exact) mass is 305 g/mol. The molecule has 122 valence electrons. The molecule has 0 saturated carbocycles. The van der Waals surface area contributed by atoms with Gasteiger partial charge in [0, 0.05) is 18.7 Å². The molecule has 1 aliphatic heterocycles. The van der Waals surface area contributed by atoms with E-state index in [0.29, 0.717) is 6.54 Å². The fourth-order valence-electron chi connectivity index (χ4n) is 3.01. The van der Waals surface area contributed by atoms with Crippen molar-refractivity contribution in [2.24, 2.45) is 5.92 Å². The molecule has 0 aliphatic carbocycles. The number of carboxylic acids is 1. The van der Waals surface area contributed by atoms with E-state index in [-0.39, 0.29) is 11.3 Å². The minimum absolute atomic E-state index is 0.0898. The second-order valence-corrected chi connectivity index (χ2v) is 7.19. The van der Waals surface area contributed by atoms with Crippen molar-refractivity contribution in [3.8, 4) is 5.75 Å². The summed E-state index contributed by atoms with van der Waals surface area (Å²) >= 11 is 0. The highest BCUT2D eigenvalue weighted by Gasteiger charge is 2.26. The van der Waals surface area contributed by atoms with Gasteiger partial charge < -0.3 is 9.84 Å². The number of piperidine rings is 1. The van der Waals surface area contributed by atoms with E-state index >= 15 is 0 Å². The largest absolute Gasteiger partial charge is 0.496 e. The van der Waals surface area contributed by atoms with Crippen LogP contribution in [0.1, 0.15) is 44.7 Å². The quantitative estimate of drug-likeness (QED) is 0.927. The number of aliphatic carboxylic acids is 1. The van der Waals surface area contributed by atoms with Crippen LogP contribution in [0.2, 0.25) is 0 Å². The summed E-state index contributed by atoms with van der Waals surface area (Å²) in [5, 5.41) is 9.22. The molecule has 4 heteroatoms. The van der Waals surface area contributed by atoms with Gasteiger partial charge in [-0.3, -0.25) is 9.69 Å². The van der Waals surface area contributed by atoms with Crippen LogP contribution < -0.4 is 4.74 Å². The zero-order valence-corrected chi connectivity index (χ0v) is 14.1. The molecule has 0 radical (unpaired) electrons. The molecule has 0 amide bonds. The smallest absolute Gasteiger partial charge is 0.307 e. The first-order valence-corrected chi connectivity index (χ1v) is 7.94. The summed E-state index contributed by atoms with van der Waals surface area (Å²) in [5.41, 5.74) is 2.50. The van der Waals surface area contributed by atoms with Crippen LogP contribution in [-0.4, -0.2) is 36.2 Å². The minimum atomic E-state index is -0.680. The van der Waals surface area contributed by atoms with Gasteiger partial charge in [-0.1, -0.05) is 32.9 Å². The fourth-order valence-corrected chi connectivity index (χ4v) is 3.01. The average molecular weight is 305 g/mol. The number of carboxylic acid groups (broad SMARTS) is 1. The Kier molecular flexibility index (Phi) is 5.12. The molecular formula is C18H27NO3. The molecule has 0 spiro atoms. The van der Waals surface area contributed by atoms with Crippen molar-refractivity contribution in [3.63, 3.8) is 0 Å². The Bertz CT molecular complexity index is 534. The van der Waals surface area contributed by atoms with Crippen molar-refractivity contribution in [2.75, 3.05) is 20.2 Å². The fraction of sp³-hybridized carbons (Fsp3) is 0.611. The van der Waals surface area contributed by atoms with Crippen molar-refractivity contribution >= 4 is 5.97 Å². The summed E-state index contributed by atoms with van der Waals surface area (Å²) in [4.78, 5) is 13.4. The molecule has 1 aliphatic rings. The molecule has 1 heterocycles. The van der Waals surface area contributed by atoms with Gasteiger partial charge in [-0.15, -0.1) is 0 Å². The number of nitrogens with zero attached hydrogens (tertiary/aromatic N) is 1. The maximum atomic E-state index is 11.2. The predicted molar refractivity (Wildman–Crippen MR) is 87.3 cm³/mol. The predicted octanol–water partition coefficient (Wildman–Crippen LogP) is 3.29. The second-order valence-electron chi connectivity index (χ2n) is 7.19. The van der Waals surface area contributed by atoms with Crippen LogP contribution in [0.25, 0.3) is 0 Å². The number of carbonyl (C=O) groups is 1. The highest BCUT2D eigenvalue weighted by atomic mass is 16.5. The van der Waals surface area contributed by atoms with E-state index in [1.54, 1.807) is 7.11 Å². The van der Waals surface area contributed by atoms with E-state index in [4.69, 9.17) is 4.74 Å². The summed E-state index contributed by atoms with van der Waals surface area (Å²) in [6, 6.07) is 6.33. The lowest BCUT2D eigenvalue weighted by Gasteiger charge is -2.31. The molecule has 0 aromatic heterocycles. The van der Waals surface area contributed by atoms with Gasteiger partial charge in [-0.25, -0.2) is 0 Å². The lowest BCUT2D eigenvalue weighted by Crippen LogP contribution is -2.38. The van der Waals surface area contributed by atoms with E-state index in [0.717, 1.165) is 37.2 Å². The number of benzene rings is 1. The molecule has 1 fully saturated rings. The third-order valence-electron chi connectivity index (χ3n) is 4.40. The highest BCUT2D eigenvalue weighted by Crippen LogP contribution is 2.29.